The molecule has 5 rings (SSSR count). The molecule has 0 radical (unpaired) electrons. The fraction of sp³-hybridized carbons (Fsp3) is 0.474. The fourth-order valence-electron chi connectivity index (χ4n) is 3.87. The van der Waals surface area contributed by atoms with E-state index in [9.17, 15) is 0 Å². The standard InChI is InChI=1S/C19H23N5O/c1-2-15-3-8-25-18(15)9-14(1)13-23-4-6-24(7-5-23)19-21-11-16-10-20-12-17(16)22-19/h1-2,9,11,20H,3-8,10,12-13H2. The van der Waals surface area contributed by atoms with E-state index in [0.29, 0.717) is 0 Å². The molecule has 1 fully saturated rings. The van der Waals surface area contributed by atoms with Crippen LogP contribution in [0.15, 0.2) is 24.4 Å². The summed E-state index contributed by atoms with van der Waals surface area (Å²) in [5.74, 6) is 1.96. The zero-order chi connectivity index (χ0) is 16.6. The van der Waals surface area contributed by atoms with Crippen LogP contribution in [0.3, 0.4) is 0 Å². The fourth-order valence-corrected chi connectivity index (χ4v) is 3.87. The van der Waals surface area contributed by atoms with Crippen LogP contribution in [0.2, 0.25) is 0 Å². The quantitative estimate of drug-likeness (QED) is 0.912. The van der Waals surface area contributed by atoms with Crippen molar-refractivity contribution in [3.8, 4) is 5.75 Å². The third-order valence-corrected chi connectivity index (χ3v) is 5.37. The van der Waals surface area contributed by atoms with Crippen molar-refractivity contribution >= 4 is 5.95 Å². The van der Waals surface area contributed by atoms with Crippen molar-refractivity contribution in [1.29, 1.82) is 0 Å². The highest BCUT2D eigenvalue weighted by molar-refractivity contribution is 5.40. The third kappa shape index (κ3) is 2.96. The Morgan fingerprint density at radius 3 is 2.92 bits per heavy atom. The molecule has 3 aliphatic rings. The predicted octanol–water partition coefficient (Wildman–Crippen LogP) is 1.34. The normalized spacial score (nSPS) is 19.6. The zero-order valence-electron chi connectivity index (χ0n) is 14.4. The van der Waals surface area contributed by atoms with Gasteiger partial charge in [-0.2, -0.15) is 0 Å². The smallest absolute Gasteiger partial charge is 0.225 e. The van der Waals surface area contributed by atoms with Gasteiger partial charge in [0.05, 0.1) is 12.3 Å². The molecule has 6 nitrogen and oxygen atoms in total. The van der Waals surface area contributed by atoms with Gasteiger partial charge in [0.25, 0.3) is 0 Å². The van der Waals surface area contributed by atoms with Gasteiger partial charge in [0, 0.05) is 64.0 Å². The van der Waals surface area contributed by atoms with Crippen LogP contribution in [0, 0.1) is 0 Å². The summed E-state index contributed by atoms with van der Waals surface area (Å²) in [6.07, 6.45) is 3.03. The molecule has 0 amide bonds. The van der Waals surface area contributed by atoms with Crippen LogP contribution >= 0.6 is 0 Å². The van der Waals surface area contributed by atoms with Crippen molar-refractivity contribution in [2.45, 2.75) is 26.1 Å². The second kappa shape index (κ2) is 6.28. The first kappa shape index (κ1) is 15.1. The predicted molar refractivity (Wildman–Crippen MR) is 95.7 cm³/mol. The van der Waals surface area contributed by atoms with Gasteiger partial charge >= 0.3 is 0 Å². The van der Waals surface area contributed by atoms with Gasteiger partial charge in [0.1, 0.15) is 5.75 Å². The number of aromatic nitrogens is 2. The summed E-state index contributed by atoms with van der Waals surface area (Å²) in [7, 11) is 0. The monoisotopic (exact) mass is 337 g/mol. The van der Waals surface area contributed by atoms with Crippen molar-refractivity contribution in [2.24, 2.45) is 0 Å². The summed E-state index contributed by atoms with van der Waals surface area (Å²) in [5.41, 5.74) is 5.08. The van der Waals surface area contributed by atoms with Gasteiger partial charge in [-0.05, 0) is 17.2 Å². The minimum Gasteiger partial charge on any atom is -0.493 e. The van der Waals surface area contributed by atoms with Crippen molar-refractivity contribution in [3.05, 3.63) is 46.8 Å². The minimum absolute atomic E-state index is 0.827. The average molecular weight is 337 g/mol. The van der Waals surface area contributed by atoms with E-state index in [1.807, 2.05) is 6.20 Å². The van der Waals surface area contributed by atoms with Crippen molar-refractivity contribution in [2.75, 3.05) is 37.7 Å². The van der Waals surface area contributed by atoms with Crippen LogP contribution < -0.4 is 15.0 Å². The topological polar surface area (TPSA) is 53.5 Å². The van der Waals surface area contributed by atoms with E-state index in [0.717, 1.165) is 76.2 Å². The number of ether oxygens (including phenoxy) is 1. The van der Waals surface area contributed by atoms with Gasteiger partial charge in [0.2, 0.25) is 5.95 Å². The zero-order valence-corrected chi connectivity index (χ0v) is 14.4. The molecule has 2 aromatic rings. The van der Waals surface area contributed by atoms with Gasteiger partial charge < -0.3 is 15.0 Å². The first-order valence-corrected chi connectivity index (χ1v) is 9.12. The maximum Gasteiger partial charge on any atom is 0.225 e. The third-order valence-electron chi connectivity index (χ3n) is 5.37. The van der Waals surface area contributed by atoms with Crippen molar-refractivity contribution in [1.82, 2.24) is 20.2 Å². The van der Waals surface area contributed by atoms with Crippen LogP contribution in [0.5, 0.6) is 5.75 Å². The van der Waals surface area contributed by atoms with Crippen LogP contribution in [-0.4, -0.2) is 47.7 Å². The number of hydrogen-bond acceptors (Lipinski definition) is 6. The van der Waals surface area contributed by atoms with Gasteiger partial charge in [0.15, 0.2) is 0 Å². The number of nitrogens with one attached hydrogen (secondary N) is 1. The lowest BCUT2D eigenvalue weighted by molar-refractivity contribution is 0.248. The molecular formula is C19H23N5O. The van der Waals surface area contributed by atoms with Crippen LogP contribution in [-0.2, 0) is 26.1 Å². The molecule has 1 N–H and O–H groups in total. The summed E-state index contributed by atoms with van der Waals surface area (Å²) in [6, 6.07) is 6.68. The molecule has 130 valence electrons. The van der Waals surface area contributed by atoms with Crippen molar-refractivity contribution in [3.63, 3.8) is 0 Å². The molecule has 6 heteroatoms. The number of hydrogen-bond donors (Lipinski definition) is 1. The Hall–Kier alpha value is -2.18. The molecule has 0 bridgehead atoms. The number of fused-ring (bicyclic) bond motifs is 2. The van der Waals surface area contributed by atoms with E-state index in [4.69, 9.17) is 9.72 Å². The largest absolute Gasteiger partial charge is 0.493 e. The summed E-state index contributed by atoms with van der Waals surface area (Å²) >= 11 is 0. The second-order valence-electron chi connectivity index (χ2n) is 7.05. The molecule has 1 aromatic heterocycles. The summed E-state index contributed by atoms with van der Waals surface area (Å²) in [4.78, 5) is 14.1. The van der Waals surface area contributed by atoms with Crippen LogP contribution in [0.4, 0.5) is 5.95 Å². The van der Waals surface area contributed by atoms with Crippen LogP contribution in [0.25, 0.3) is 0 Å². The SMILES string of the molecule is c1cc2c(cc1CN1CCN(c3ncc4c(n3)CNC4)CC1)OCC2. The number of nitrogens with zero attached hydrogens (tertiary/aromatic N) is 4. The van der Waals surface area contributed by atoms with E-state index < -0.39 is 0 Å². The Morgan fingerprint density at radius 2 is 2.00 bits per heavy atom. The van der Waals surface area contributed by atoms with Crippen LogP contribution in [0.1, 0.15) is 22.4 Å². The minimum atomic E-state index is 0.827. The molecule has 1 aromatic carbocycles. The molecule has 0 saturated carbocycles. The number of piperazine rings is 1. The highest BCUT2D eigenvalue weighted by Gasteiger charge is 2.22. The lowest BCUT2D eigenvalue weighted by Crippen LogP contribution is -2.46. The van der Waals surface area contributed by atoms with E-state index in [1.54, 1.807) is 0 Å². The first-order valence-electron chi connectivity index (χ1n) is 9.12. The second-order valence-corrected chi connectivity index (χ2v) is 7.05. The number of rotatable bonds is 3. The Bertz CT molecular complexity index is 785. The Balaban J connectivity index is 1.21. The lowest BCUT2D eigenvalue weighted by atomic mass is 10.1. The van der Waals surface area contributed by atoms with E-state index >= 15 is 0 Å². The summed E-state index contributed by atoms with van der Waals surface area (Å²) in [5, 5.41) is 3.33. The molecule has 0 spiro atoms. The molecule has 0 atom stereocenters. The van der Waals surface area contributed by atoms with Crippen molar-refractivity contribution < 1.29 is 4.74 Å². The number of anilines is 1. The van der Waals surface area contributed by atoms with E-state index in [-0.39, 0.29) is 0 Å². The Labute approximate surface area is 147 Å². The molecule has 1 saturated heterocycles. The van der Waals surface area contributed by atoms with Gasteiger partial charge in [-0.15, -0.1) is 0 Å². The highest BCUT2D eigenvalue weighted by Crippen LogP contribution is 2.27. The molecule has 25 heavy (non-hydrogen) atoms. The van der Waals surface area contributed by atoms with E-state index in [2.05, 4.69) is 38.3 Å². The summed E-state index contributed by atoms with van der Waals surface area (Å²) < 4.78 is 5.69. The Morgan fingerprint density at radius 1 is 1.08 bits per heavy atom. The maximum absolute atomic E-state index is 5.69. The first-order chi connectivity index (χ1) is 12.3. The Kier molecular flexibility index (Phi) is 3.79. The summed E-state index contributed by atoms with van der Waals surface area (Å²) in [6.45, 7) is 7.61. The number of benzene rings is 1. The van der Waals surface area contributed by atoms with E-state index in [1.165, 1.54) is 16.7 Å². The molecule has 0 aliphatic carbocycles. The molecule has 0 unspecified atom stereocenters. The average Bonchev–Trinajstić information content (AvgIpc) is 3.30. The highest BCUT2D eigenvalue weighted by atomic mass is 16.5. The maximum atomic E-state index is 5.69. The molecule has 3 aliphatic heterocycles. The lowest BCUT2D eigenvalue weighted by Gasteiger charge is -2.34. The van der Waals surface area contributed by atoms with Gasteiger partial charge in [-0.25, -0.2) is 9.97 Å². The van der Waals surface area contributed by atoms with Gasteiger partial charge in [-0.1, -0.05) is 12.1 Å². The molecular weight excluding hydrogens is 314 g/mol. The van der Waals surface area contributed by atoms with Gasteiger partial charge in [-0.3, -0.25) is 4.90 Å². The molecule has 4 heterocycles.